The summed E-state index contributed by atoms with van der Waals surface area (Å²) in [5, 5.41) is 21.7. The number of carbonyl (C=O) groups excluding carboxylic acids is 1. The van der Waals surface area contributed by atoms with Crippen LogP contribution in [0.1, 0.15) is 33.6 Å². The van der Waals surface area contributed by atoms with Crippen LogP contribution in [0.5, 0.6) is 0 Å². The third-order valence-electron chi connectivity index (χ3n) is 2.63. The molecule has 6 heteroatoms. The Balaban J connectivity index is 2.63. The molecule has 1 rings (SSSR count). The number of carboxylic acid groups (broad SMARTS) is 1. The summed E-state index contributed by atoms with van der Waals surface area (Å²) >= 11 is 0. The number of carbonyl (C=O) groups is 2. The van der Waals surface area contributed by atoms with Crippen LogP contribution < -0.4 is 5.32 Å². The van der Waals surface area contributed by atoms with Crippen molar-refractivity contribution in [3.8, 4) is 0 Å². The van der Waals surface area contributed by atoms with Gasteiger partial charge in [-0.3, -0.25) is 4.79 Å². The Hall–Kier alpha value is -1.14. The monoisotopic (exact) mass is 245 g/mol. The number of aliphatic carboxylic acids is 1. The summed E-state index contributed by atoms with van der Waals surface area (Å²) in [6, 6.07) is -0.796. The first kappa shape index (κ1) is 13.9. The highest BCUT2D eigenvalue weighted by Gasteiger charge is 2.48. The van der Waals surface area contributed by atoms with Crippen LogP contribution in [0.15, 0.2) is 0 Å². The molecule has 1 aliphatic rings. The average molecular weight is 245 g/mol. The number of nitrogens with one attached hydrogen (secondary N) is 1. The molecule has 0 aromatic rings. The maximum absolute atomic E-state index is 11.6. The lowest BCUT2D eigenvalue weighted by Gasteiger charge is -2.26. The molecule has 3 N–H and O–H groups in total. The van der Waals surface area contributed by atoms with Crippen LogP contribution in [-0.2, 0) is 14.3 Å². The van der Waals surface area contributed by atoms with E-state index in [2.05, 4.69) is 5.32 Å². The van der Waals surface area contributed by atoms with E-state index in [1.165, 1.54) is 0 Å². The fraction of sp³-hybridized carbons (Fsp3) is 0.818. The molecular weight excluding hydrogens is 226 g/mol. The first-order valence-electron chi connectivity index (χ1n) is 5.56. The topological polar surface area (TPSA) is 95.9 Å². The summed E-state index contributed by atoms with van der Waals surface area (Å²) in [6.07, 6.45) is -0.0597. The molecule has 1 aliphatic heterocycles. The summed E-state index contributed by atoms with van der Waals surface area (Å²) in [4.78, 5) is 22.5. The molecule has 0 unspecified atom stereocenters. The lowest BCUT2D eigenvalue weighted by molar-refractivity contribution is -0.163. The fourth-order valence-corrected chi connectivity index (χ4v) is 1.83. The van der Waals surface area contributed by atoms with Crippen LogP contribution in [0.4, 0.5) is 0 Å². The number of aliphatic hydroxyl groups is 1. The molecule has 2 atom stereocenters. The Kier molecular flexibility index (Phi) is 3.78. The second kappa shape index (κ2) is 4.62. The zero-order valence-corrected chi connectivity index (χ0v) is 10.3. The molecule has 1 heterocycles. The maximum atomic E-state index is 11.6. The highest BCUT2D eigenvalue weighted by atomic mass is 16.6. The van der Waals surface area contributed by atoms with Gasteiger partial charge in [0.25, 0.3) is 0 Å². The van der Waals surface area contributed by atoms with E-state index in [0.29, 0.717) is 6.54 Å². The minimum absolute atomic E-state index is 0.0931. The van der Waals surface area contributed by atoms with Gasteiger partial charge in [-0.2, -0.15) is 0 Å². The summed E-state index contributed by atoms with van der Waals surface area (Å²) in [5.41, 5.74) is -2.49. The minimum atomic E-state index is -1.88. The van der Waals surface area contributed by atoms with Gasteiger partial charge in [0.2, 0.25) is 0 Å². The van der Waals surface area contributed by atoms with E-state index >= 15 is 0 Å². The number of ether oxygens (including phenoxy) is 1. The predicted molar refractivity (Wildman–Crippen MR) is 59.5 cm³/mol. The van der Waals surface area contributed by atoms with Gasteiger partial charge in [-0.05, 0) is 27.3 Å². The van der Waals surface area contributed by atoms with E-state index in [1.54, 1.807) is 20.8 Å². The Morgan fingerprint density at radius 1 is 1.47 bits per heavy atom. The zero-order chi connectivity index (χ0) is 13.3. The molecular formula is C11H19NO5. The molecule has 0 radical (unpaired) electrons. The summed E-state index contributed by atoms with van der Waals surface area (Å²) in [6.45, 7) is 5.57. The van der Waals surface area contributed by atoms with Crippen molar-refractivity contribution in [2.45, 2.75) is 50.9 Å². The van der Waals surface area contributed by atoms with Gasteiger partial charge >= 0.3 is 11.9 Å². The maximum Gasteiger partial charge on any atom is 0.337 e. The van der Waals surface area contributed by atoms with E-state index in [4.69, 9.17) is 9.84 Å². The van der Waals surface area contributed by atoms with Crippen LogP contribution in [0.25, 0.3) is 0 Å². The number of hydrogen-bond acceptors (Lipinski definition) is 5. The second-order valence-electron chi connectivity index (χ2n) is 5.28. The average Bonchev–Trinajstić information content (AvgIpc) is 2.45. The molecule has 98 valence electrons. The van der Waals surface area contributed by atoms with Crippen LogP contribution in [-0.4, -0.2) is 45.9 Å². The van der Waals surface area contributed by atoms with E-state index in [0.717, 1.165) is 0 Å². The van der Waals surface area contributed by atoms with Gasteiger partial charge in [0, 0.05) is 6.42 Å². The Morgan fingerprint density at radius 3 is 2.53 bits per heavy atom. The predicted octanol–water partition coefficient (Wildman–Crippen LogP) is -0.104. The quantitative estimate of drug-likeness (QED) is 0.601. The molecule has 0 spiro atoms. The molecule has 0 aromatic heterocycles. The lowest BCUT2D eigenvalue weighted by atomic mass is 9.93. The Bertz CT molecular complexity index is 322. The second-order valence-corrected chi connectivity index (χ2v) is 5.28. The molecule has 17 heavy (non-hydrogen) atoms. The Morgan fingerprint density at radius 2 is 2.06 bits per heavy atom. The van der Waals surface area contributed by atoms with Crippen molar-refractivity contribution >= 4 is 11.9 Å². The van der Waals surface area contributed by atoms with Crippen molar-refractivity contribution < 1.29 is 24.5 Å². The summed E-state index contributed by atoms with van der Waals surface area (Å²) < 4.78 is 5.09. The van der Waals surface area contributed by atoms with Crippen LogP contribution in [0.2, 0.25) is 0 Å². The largest absolute Gasteiger partial charge is 0.479 e. The summed E-state index contributed by atoms with van der Waals surface area (Å²) in [7, 11) is 0. The van der Waals surface area contributed by atoms with Crippen molar-refractivity contribution in [2.75, 3.05) is 6.54 Å². The first-order valence-corrected chi connectivity index (χ1v) is 5.56. The molecule has 0 bridgehead atoms. The lowest BCUT2D eigenvalue weighted by Crippen LogP contribution is -2.50. The van der Waals surface area contributed by atoms with Gasteiger partial charge in [-0.1, -0.05) is 0 Å². The SMILES string of the molecule is CC(C)(C)OC(=O)C[C@H]1NCC[C@]1(O)C(=O)O. The van der Waals surface area contributed by atoms with Crippen molar-refractivity contribution in [2.24, 2.45) is 0 Å². The molecule has 1 fully saturated rings. The van der Waals surface area contributed by atoms with E-state index in [9.17, 15) is 14.7 Å². The normalized spacial score (nSPS) is 29.1. The van der Waals surface area contributed by atoms with Gasteiger partial charge in [-0.25, -0.2) is 4.79 Å². The zero-order valence-electron chi connectivity index (χ0n) is 10.3. The smallest absolute Gasteiger partial charge is 0.337 e. The number of hydrogen-bond donors (Lipinski definition) is 3. The van der Waals surface area contributed by atoms with Gasteiger partial charge in [0.15, 0.2) is 5.60 Å². The van der Waals surface area contributed by atoms with Crippen LogP contribution in [0, 0.1) is 0 Å². The summed E-state index contributed by atoms with van der Waals surface area (Å²) in [5.74, 6) is -1.83. The van der Waals surface area contributed by atoms with Crippen molar-refractivity contribution in [3.05, 3.63) is 0 Å². The first-order chi connectivity index (χ1) is 7.65. The molecule has 6 nitrogen and oxygen atoms in total. The minimum Gasteiger partial charge on any atom is -0.479 e. The van der Waals surface area contributed by atoms with Crippen molar-refractivity contribution in [1.29, 1.82) is 0 Å². The molecule has 0 aromatic carbocycles. The van der Waals surface area contributed by atoms with E-state index in [-0.39, 0.29) is 12.8 Å². The van der Waals surface area contributed by atoms with E-state index in [1.807, 2.05) is 0 Å². The van der Waals surface area contributed by atoms with Crippen molar-refractivity contribution in [1.82, 2.24) is 5.32 Å². The van der Waals surface area contributed by atoms with E-state index < -0.39 is 29.2 Å². The third kappa shape index (κ3) is 3.41. The number of carboxylic acids is 1. The highest BCUT2D eigenvalue weighted by Crippen LogP contribution is 2.25. The standard InChI is InChI=1S/C11H19NO5/c1-10(2,3)17-8(13)6-7-11(16,9(14)15)4-5-12-7/h7,12,16H,4-6H2,1-3H3,(H,14,15)/t7-,11-/m1/s1. The Labute approximate surface area is 100.0 Å². The third-order valence-corrected chi connectivity index (χ3v) is 2.63. The van der Waals surface area contributed by atoms with Gasteiger partial charge in [0.1, 0.15) is 5.60 Å². The van der Waals surface area contributed by atoms with Crippen LogP contribution in [0.3, 0.4) is 0 Å². The molecule has 0 saturated carbocycles. The molecule has 1 saturated heterocycles. The highest BCUT2D eigenvalue weighted by molar-refractivity contribution is 5.81. The van der Waals surface area contributed by atoms with Crippen LogP contribution >= 0.6 is 0 Å². The number of esters is 1. The van der Waals surface area contributed by atoms with Gasteiger partial charge in [-0.15, -0.1) is 0 Å². The van der Waals surface area contributed by atoms with Gasteiger partial charge in [0.05, 0.1) is 12.5 Å². The number of rotatable bonds is 3. The van der Waals surface area contributed by atoms with Crippen molar-refractivity contribution in [3.63, 3.8) is 0 Å². The molecule has 0 aliphatic carbocycles. The molecule has 0 amide bonds. The fourth-order valence-electron chi connectivity index (χ4n) is 1.83. The van der Waals surface area contributed by atoms with Gasteiger partial charge < -0.3 is 20.3 Å².